The Balaban J connectivity index is 1.19. The van der Waals surface area contributed by atoms with Gasteiger partial charge in [-0.25, -0.2) is 14.8 Å². The van der Waals surface area contributed by atoms with E-state index in [1.54, 1.807) is 0 Å². The molecule has 1 amide bonds. The van der Waals surface area contributed by atoms with Crippen LogP contribution in [0.4, 0.5) is 4.79 Å². The molecule has 6 rings (SSSR count). The second-order valence-corrected chi connectivity index (χ2v) is 11.2. The van der Waals surface area contributed by atoms with Gasteiger partial charge in [0.1, 0.15) is 6.10 Å². The molecule has 0 spiro atoms. The second-order valence-electron chi connectivity index (χ2n) is 11.2. The van der Waals surface area contributed by atoms with Crippen LogP contribution in [0.5, 0.6) is 0 Å². The lowest BCUT2D eigenvalue weighted by molar-refractivity contribution is 0.0468. The highest BCUT2D eigenvalue weighted by Crippen LogP contribution is 2.33. The third-order valence-electron chi connectivity index (χ3n) is 8.21. The van der Waals surface area contributed by atoms with E-state index in [2.05, 4.69) is 88.7 Å². The molecule has 0 saturated carbocycles. The van der Waals surface area contributed by atoms with Gasteiger partial charge in [-0.1, -0.05) is 68.4 Å². The number of ether oxygens (including phenoxy) is 1. The first-order valence-electron chi connectivity index (χ1n) is 15.0. The molecule has 5 aromatic rings. The summed E-state index contributed by atoms with van der Waals surface area (Å²) in [5, 5.41) is 8.58. The zero-order valence-corrected chi connectivity index (χ0v) is 24.6. The van der Waals surface area contributed by atoms with Crippen molar-refractivity contribution >= 4 is 22.8 Å². The highest BCUT2D eigenvalue weighted by Gasteiger charge is 2.23. The number of fused-ring (bicyclic) bond motifs is 3. The number of piperidine rings is 1. The van der Waals surface area contributed by atoms with Crippen molar-refractivity contribution < 1.29 is 9.53 Å². The lowest BCUT2D eigenvalue weighted by Gasteiger charge is -2.32. The van der Waals surface area contributed by atoms with Gasteiger partial charge in [-0.15, -0.1) is 0 Å². The van der Waals surface area contributed by atoms with Crippen molar-refractivity contribution in [1.29, 1.82) is 0 Å². The minimum absolute atomic E-state index is 0.0198. The number of aryl methyl sites for hydroxylation is 1. The summed E-state index contributed by atoms with van der Waals surface area (Å²) in [6.45, 7) is 8.81. The van der Waals surface area contributed by atoms with Crippen molar-refractivity contribution in [3.63, 3.8) is 0 Å². The van der Waals surface area contributed by atoms with Crippen molar-refractivity contribution in [2.45, 2.75) is 65.1 Å². The molecule has 4 heterocycles. The van der Waals surface area contributed by atoms with Gasteiger partial charge in [-0.2, -0.15) is 9.61 Å². The third kappa shape index (κ3) is 5.99. The van der Waals surface area contributed by atoms with E-state index in [-0.39, 0.29) is 18.2 Å². The predicted molar refractivity (Wildman–Crippen MR) is 166 cm³/mol. The number of alkyl carbamates (subject to hydrolysis) is 1. The molecule has 1 N–H and O–H groups in total. The molecule has 216 valence electrons. The molecule has 42 heavy (non-hydrogen) atoms. The van der Waals surface area contributed by atoms with Gasteiger partial charge in [0.05, 0.1) is 11.4 Å². The van der Waals surface area contributed by atoms with E-state index in [0.717, 1.165) is 90.1 Å². The SMILES string of the molecule is CCC(CC)NC(=O)OC1CCN(Cc2ccc(-c3nc4c(cnc5cc(C)nn54)cc3-c3ccccc3)cc2)CC1. The summed E-state index contributed by atoms with van der Waals surface area (Å²) in [5.41, 5.74) is 7.91. The number of aromatic nitrogens is 4. The van der Waals surface area contributed by atoms with Crippen LogP contribution in [0, 0.1) is 6.92 Å². The van der Waals surface area contributed by atoms with Gasteiger partial charge in [0.2, 0.25) is 0 Å². The lowest BCUT2D eigenvalue weighted by atomic mass is 9.97. The maximum atomic E-state index is 12.3. The summed E-state index contributed by atoms with van der Waals surface area (Å²) < 4.78 is 7.53. The Morgan fingerprint density at radius 2 is 1.74 bits per heavy atom. The zero-order chi connectivity index (χ0) is 29.1. The minimum atomic E-state index is -0.283. The first kappa shape index (κ1) is 27.8. The number of pyridine rings is 1. The Kier molecular flexibility index (Phi) is 8.15. The van der Waals surface area contributed by atoms with Crippen LogP contribution < -0.4 is 5.32 Å². The highest BCUT2D eigenvalue weighted by atomic mass is 16.6. The quantitative estimate of drug-likeness (QED) is 0.224. The van der Waals surface area contributed by atoms with Gasteiger partial charge in [-0.05, 0) is 49.8 Å². The van der Waals surface area contributed by atoms with Gasteiger partial charge in [0, 0.05) is 54.5 Å². The molecule has 0 unspecified atom stereocenters. The molecular weight excluding hydrogens is 524 g/mol. The van der Waals surface area contributed by atoms with Crippen LogP contribution in [0.15, 0.2) is 72.9 Å². The first-order valence-corrected chi connectivity index (χ1v) is 15.0. The third-order valence-corrected chi connectivity index (χ3v) is 8.21. The molecule has 0 atom stereocenters. The summed E-state index contributed by atoms with van der Waals surface area (Å²) in [6, 6.07) is 23.4. The van der Waals surface area contributed by atoms with E-state index >= 15 is 0 Å². The molecule has 0 radical (unpaired) electrons. The van der Waals surface area contributed by atoms with Crippen LogP contribution in [-0.4, -0.2) is 55.8 Å². The Labute approximate surface area is 246 Å². The molecule has 8 heteroatoms. The number of amides is 1. The Hall–Kier alpha value is -4.30. The summed E-state index contributed by atoms with van der Waals surface area (Å²) in [6.07, 6.45) is 5.12. The highest BCUT2D eigenvalue weighted by molar-refractivity contribution is 5.90. The maximum Gasteiger partial charge on any atom is 0.407 e. The van der Waals surface area contributed by atoms with Crippen molar-refractivity contribution in [2.75, 3.05) is 13.1 Å². The fourth-order valence-electron chi connectivity index (χ4n) is 5.77. The monoisotopic (exact) mass is 562 g/mol. The van der Waals surface area contributed by atoms with Crippen molar-refractivity contribution in [3.8, 4) is 22.4 Å². The average Bonchev–Trinajstić information content (AvgIpc) is 3.42. The Morgan fingerprint density at radius 3 is 2.45 bits per heavy atom. The molecule has 8 nitrogen and oxygen atoms in total. The van der Waals surface area contributed by atoms with E-state index in [4.69, 9.17) is 9.72 Å². The Bertz CT molecular complexity index is 1670. The van der Waals surface area contributed by atoms with Crippen molar-refractivity contribution in [1.82, 2.24) is 29.8 Å². The standard InChI is InChI=1S/C34H38N6O2/c1-4-28(5-2)36-34(41)42-29-15-17-39(18-16-29)22-24-11-13-26(14-12-24)32-30(25-9-7-6-8-10-25)20-27-21-35-31-19-23(3)38-40(31)33(27)37-32/h6-14,19-21,28-29H,4-5,15-18,22H2,1-3H3,(H,36,41). The fraction of sp³-hybridized carbons (Fsp3) is 0.353. The number of hydrogen-bond donors (Lipinski definition) is 1. The molecule has 1 aliphatic heterocycles. The number of carbonyl (C=O) groups is 1. The topological polar surface area (TPSA) is 84.6 Å². The molecule has 1 aliphatic rings. The molecular formula is C34H38N6O2. The van der Waals surface area contributed by atoms with Crippen LogP contribution in [-0.2, 0) is 11.3 Å². The van der Waals surface area contributed by atoms with Gasteiger partial charge >= 0.3 is 6.09 Å². The van der Waals surface area contributed by atoms with Crippen molar-refractivity contribution in [2.24, 2.45) is 0 Å². The fourth-order valence-corrected chi connectivity index (χ4v) is 5.77. The first-order chi connectivity index (χ1) is 20.5. The van der Waals surface area contributed by atoms with Gasteiger partial charge < -0.3 is 10.1 Å². The normalized spacial score (nSPS) is 14.6. The van der Waals surface area contributed by atoms with E-state index in [1.807, 2.05) is 29.8 Å². The van der Waals surface area contributed by atoms with Gasteiger partial charge in [-0.3, -0.25) is 4.90 Å². The van der Waals surface area contributed by atoms with Crippen LogP contribution in [0.1, 0.15) is 50.8 Å². The number of benzene rings is 2. The lowest BCUT2D eigenvalue weighted by Crippen LogP contribution is -2.41. The van der Waals surface area contributed by atoms with Crippen molar-refractivity contribution in [3.05, 3.63) is 84.2 Å². The van der Waals surface area contributed by atoms with Crippen LogP contribution >= 0.6 is 0 Å². The number of likely N-dealkylation sites (tertiary alicyclic amines) is 1. The second kappa shape index (κ2) is 12.3. The molecule has 2 aromatic carbocycles. The van der Waals surface area contributed by atoms with E-state index in [9.17, 15) is 4.79 Å². The molecule has 0 aliphatic carbocycles. The van der Waals surface area contributed by atoms with E-state index in [0.29, 0.717) is 0 Å². The summed E-state index contributed by atoms with van der Waals surface area (Å²) in [7, 11) is 0. The van der Waals surface area contributed by atoms with Gasteiger partial charge in [0.15, 0.2) is 11.3 Å². The number of carbonyl (C=O) groups excluding carboxylic acids is 1. The number of nitrogens with one attached hydrogen (secondary N) is 1. The molecule has 1 saturated heterocycles. The zero-order valence-electron chi connectivity index (χ0n) is 24.6. The Morgan fingerprint density at radius 1 is 1.00 bits per heavy atom. The van der Waals surface area contributed by atoms with Crippen LogP contribution in [0.25, 0.3) is 39.1 Å². The minimum Gasteiger partial charge on any atom is -0.446 e. The van der Waals surface area contributed by atoms with Gasteiger partial charge in [0.25, 0.3) is 0 Å². The van der Waals surface area contributed by atoms with Crippen LogP contribution in [0.2, 0.25) is 0 Å². The number of nitrogens with zero attached hydrogens (tertiary/aromatic N) is 5. The largest absolute Gasteiger partial charge is 0.446 e. The average molecular weight is 563 g/mol. The van der Waals surface area contributed by atoms with Crippen LogP contribution in [0.3, 0.4) is 0 Å². The summed E-state index contributed by atoms with van der Waals surface area (Å²) in [5.74, 6) is 0. The molecule has 1 fully saturated rings. The number of rotatable bonds is 8. The van der Waals surface area contributed by atoms with E-state index in [1.165, 1.54) is 5.56 Å². The predicted octanol–water partition coefficient (Wildman–Crippen LogP) is 6.80. The number of hydrogen-bond acceptors (Lipinski definition) is 6. The summed E-state index contributed by atoms with van der Waals surface area (Å²) in [4.78, 5) is 24.5. The summed E-state index contributed by atoms with van der Waals surface area (Å²) >= 11 is 0. The maximum absolute atomic E-state index is 12.3. The molecule has 0 bridgehead atoms. The smallest absolute Gasteiger partial charge is 0.407 e. The molecule has 3 aromatic heterocycles. The van der Waals surface area contributed by atoms with E-state index < -0.39 is 0 Å².